The first-order valence-corrected chi connectivity index (χ1v) is 14.7. The third-order valence-corrected chi connectivity index (χ3v) is 7.98. The van der Waals surface area contributed by atoms with Gasteiger partial charge in [0.2, 0.25) is 5.88 Å². The molecule has 0 bridgehead atoms. The van der Waals surface area contributed by atoms with Gasteiger partial charge in [-0.15, -0.1) is 22.0 Å². The highest BCUT2D eigenvalue weighted by Crippen LogP contribution is 2.41. The number of carboxylic acids is 1. The number of aromatic nitrogens is 1. The number of hydrogen-bond acceptors (Lipinski definition) is 6. The monoisotopic (exact) mass is 612 g/mol. The largest absolute Gasteiger partial charge is 0.493 e. The number of nitrogens with zero attached hydrogens (tertiary/aromatic N) is 3. The first kappa shape index (κ1) is 31.6. The fourth-order valence-electron chi connectivity index (χ4n) is 4.71. The number of carbonyl (C=O) groups is 2. The molecule has 3 aromatic carbocycles. The number of carboxylic acid groups (broad SMARTS) is 1. The molecule has 0 aliphatic carbocycles. The normalized spacial score (nSPS) is 11.9. The van der Waals surface area contributed by atoms with Gasteiger partial charge in [-0.25, -0.2) is 4.79 Å². The van der Waals surface area contributed by atoms with E-state index in [1.807, 2.05) is 18.2 Å². The lowest BCUT2D eigenvalue weighted by Gasteiger charge is -2.11. The van der Waals surface area contributed by atoms with Gasteiger partial charge in [-0.05, 0) is 73.0 Å². The van der Waals surface area contributed by atoms with Crippen molar-refractivity contribution in [3.63, 3.8) is 0 Å². The Labute approximate surface area is 250 Å². The Bertz CT molecular complexity index is 1650. The molecule has 4 N–H and O–H groups in total. The molecular formula is C31H31F3N4O4S. The van der Waals surface area contributed by atoms with Gasteiger partial charge in [-0.2, -0.15) is 13.2 Å². The van der Waals surface area contributed by atoms with Crippen LogP contribution < -0.4 is 5.73 Å². The summed E-state index contributed by atoms with van der Waals surface area (Å²) in [7, 11) is 0. The molecule has 0 aliphatic heterocycles. The lowest BCUT2D eigenvalue weighted by Crippen LogP contribution is -2.14. The number of anilines is 1. The highest BCUT2D eigenvalue weighted by atomic mass is 32.2. The van der Waals surface area contributed by atoms with Crippen molar-refractivity contribution in [2.45, 2.75) is 56.6 Å². The average Bonchev–Trinajstić information content (AvgIpc) is 3.23. The first-order chi connectivity index (χ1) is 20.5. The molecule has 0 saturated heterocycles. The van der Waals surface area contributed by atoms with E-state index in [4.69, 9.17) is 10.8 Å². The van der Waals surface area contributed by atoms with Crippen molar-refractivity contribution >= 4 is 45.9 Å². The standard InChI is InChI=1S/C31H31F3N4O4S/c1-2-3-4-16-38-25-15-14-21(43-17-6-7-19-10-12-20(13-11-19)30(41)42)18-22(25)27(29(38)40)36-37-28(39)26-23(31(32,33)34)8-5-9-24(26)35/h5,8-15,18,40H,2-4,6-7,16-17,35H2,1H3,(H,41,42). The Morgan fingerprint density at radius 1 is 1.02 bits per heavy atom. The topological polar surface area (TPSA) is 130 Å². The van der Waals surface area contributed by atoms with Gasteiger partial charge >= 0.3 is 12.1 Å². The number of nitrogens with two attached hydrogens (primary N) is 1. The SMILES string of the molecule is CCCCCn1c(O)c(N=NC(=O)c2c(N)cccc2C(F)(F)F)c2cc(SCCCc3ccc(C(=O)O)cc3)ccc21. The minimum absolute atomic E-state index is 0.0103. The molecule has 226 valence electrons. The number of rotatable bonds is 12. The second-order valence-electron chi connectivity index (χ2n) is 9.94. The third kappa shape index (κ3) is 7.56. The molecule has 0 aliphatic rings. The Morgan fingerprint density at radius 2 is 1.77 bits per heavy atom. The second-order valence-corrected chi connectivity index (χ2v) is 11.1. The van der Waals surface area contributed by atoms with E-state index in [1.54, 1.807) is 40.6 Å². The molecule has 43 heavy (non-hydrogen) atoms. The molecule has 4 aromatic rings. The highest BCUT2D eigenvalue weighted by Gasteiger charge is 2.36. The molecule has 4 rings (SSSR count). The molecule has 0 spiro atoms. The van der Waals surface area contributed by atoms with E-state index in [-0.39, 0.29) is 22.8 Å². The van der Waals surface area contributed by atoms with Crippen LogP contribution in [0.1, 0.15) is 64.4 Å². The van der Waals surface area contributed by atoms with Crippen LogP contribution in [-0.2, 0) is 19.1 Å². The molecular weight excluding hydrogens is 581 g/mol. The van der Waals surface area contributed by atoms with Crippen LogP contribution in [0.5, 0.6) is 5.88 Å². The molecule has 0 atom stereocenters. The number of amides is 1. The van der Waals surface area contributed by atoms with Crippen molar-refractivity contribution in [3.8, 4) is 5.88 Å². The summed E-state index contributed by atoms with van der Waals surface area (Å²) >= 11 is 1.57. The van der Waals surface area contributed by atoms with Gasteiger partial charge < -0.3 is 20.5 Å². The smallest absolute Gasteiger partial charge is 0.417 e. The molecule has 0 saturated carbocycles. The average molecular weight is 613 g/mol. The van der Waals surface area contributed by atoms with E-state index >= 15 is 0 Å². The van der Waals surface area contributed by atoms with Gasteiger partial charge in [0.1, 0.15) is 0 Å². The van der Waals surface area contributed by atoms with E-state index in [1.165, 1.54) is 6.07 Å². The summed E-state index contributed by atoms with van der Waals surface area (Å²) in [5.74, 6) is -1.72. The number of unbranched alkanes of at least 4 members (excludes halogenated alkanes) is 2. The molecule has 1 amide bonds. The molecule has 0 radical (unpaired) electrons. The first-order valence-electron chi connectivity index (χ1n) is 13.7. The Hall–Kier alpha value is -4.32. The number of aromatic hydroxyl groups is 1. The summed E-state index contributed by atoms with van der Waals surface area (Å²) in [5.41, 5.74) is 5.24. The van der Waals surface area contributed by atoms with Gasteiger partial charge in [0.05, 0.1) is 22.2 Å². The number of benzene rings is 3. The summed E-state index contributed by atoms with van der Waals surface area (Å²) in [4.78, 5) is 24.7. The highest BCUT2D eigenvalue weighted by molar-refractivity contribution is 7.99. The van der Waals surface area contributed by atoms with E-state index in [9.17, 15) is 27.9 Å². The number of carbonyl (C=O) groups excluding carboxylic acids is 1. The molecule has 8 nitrogen and oxygen atoms in total. The van der Waals surface area contributed by atoms with Gasteiger partial charge in [-0.1, -0.05) is 38.0 Å². The van der Waals surface area contributed by atoms with Crippen molar-refractivity contribution in [1.82, 2.24) is 4.57 Å². The number of thioether (sulfide) groups is 1. The lowest BCUT2D eigenvalue weighted by molar-refractivity contribution is -0.137. The zero-order valence-corrected chi connectivity index (χ0v) is 24.2. The van der Waals surface area contributed by atoms with E-state index in [0.717, 1.165) is 60.4 Å². The maximum absolute atomic E-state index is 13.5. The maximum Gasteiger partial charge on any atom is 0.417 e. The van der Waals surface area contributed by atoms with Gasteiger partial charge in [-0.3, -0.25) is 4.79 Å². The zero-order valence-electron chi connectivity index (χ0n) is 23.4. The van der Waals surface area contributed by atoms with Crippen molar-refractivity contribution < 1.29 is 33.0 Å². The minimum Gasteiger partial charge on any atom is -0.493 e. The quantitative estimate of drug-likeness (QED) is 0.0637. The summed E-state index contributed by atoms with van der Waals surface area (Å²) in [6.07, 6.45) is -0.571. The molecule has 12 heteroatoms. The Morgan fingerprint density at radius 3 is 2.44 bits per heavy atom. The summed E-state index contributed by atoms with van der Waals surface area (Å²) in [5, 5.41) is 28.1. The van der Waals surface area contributed by atoms with Crippen LogP contribution in [0.2, 0.25) is 0 Å². The van der Waals surface area contributed by atoms with Gasteiger partial charge in [0.15, 0.2) is 5.69 Å². The van der Waals surface area contributed by atoms with E-state index in [0.29, 0.717) is 17.4 Å². The Kier molecular flexibility index (Phi) is 10.1. The predicted molar refractivity (Wildman–Crippen MR) is 160 cm³/mol. The van der Waals surface area contributed by atoms with Crippen LogP contribution in [0.4, 0.5) is 24.5 Å². The van der Waals surface area contributed by atoms with Crippen LogP contribution in [0.3, 0.4) is 0 Å². The molecule has 0 fully saturated rings. The number of nitrogen functional groups attached to an aromatic ring is 1. The van der Waals surface area contributed by atoms with Crippen LogP contribution in [0, 0.1) is 0 Å². The molecule has 0 unspecified atom stereocenters. The fraction of sp³-hybridized carbons (Fsp3) is 0.290. The van der Waals surface area contributed by atoms with Crippen molar-refractivity contribution in [3.05, 3.63) is 82.9 Å². The van der Waals surface area contributed by atoms with E-state index in [2.05, 4.69) is 17.2 Å². The number of alkyl halides is 3. The van der Waals surface area contributed by atoms with E-state index < -0.39 is 29.2 Å². The van der Waals surface area contributed by atoms with Gasteiger partial charge in [0, 0.05) is 22.5 Å². The third-order valence-electron chi connectivity index (χ3n) is 6.90. The lowest BCUT2D eigenvalue weighted by atomic mass is 10.0. The molecule has 1 aromatic heterocycles. The number of azo groups is 1. The van der Waals surface area contributed by atoms with Crippen LogP contribution in [0.15, 0.2) is 75.8 Å². The number of hydrogen-bond donors (Lipinski definition) is 3. The van der Waals surface area contributed by atoms with Crippen LogP contribution in [0.25, 0.3) is 10.9 Å². The van der Waals surface area contributed by atoms with Crippen LogP contribution in [-0.4, -0.2) is 32.4 Å². The number of halogens is 3. The van der Waals surface area contributed by atoms with Crippen molar-refractivity contribution in [1.29, 1.82) is 0 Å². The summed E-state index contributed by atoms with van der Waals surface area (Å²) in [6.45, 7) is 2.54. The number of aryl methyl sites for hydroxylation is 2. The summed E-state index contributed by atoms with van der Waals surface area (Å²) in [6, 6.07) is 15.4. The van der Waals surface area contributed by atoms with Gasteiger partial charge in [0.25, 0.3) is 5.91 Å². The number of fused-ring (bicyclic) bond motifs is 1. The fourth-order valence-corrected chi connectivity index (χ4v) is 5.60. The van der Waals surface area contributed by atoms with Crippen molar-refractivity contribution in [2.75, 3.05) is 11.5 Å². The second kappa shape index (κ2) is 13.8. The van der Waals surface area contributed by atoms with Crippen LogP contribution >= 0.6 is 11.8 Å². The summed E-state index contributed by atoms with van der Waals surface area (Å²) < 4.78 is 42.3. The molecule has 1 heterocycles. The maximum atomic E-state index is 13.5. The van der Waals surface area contributed by atoms with Crippen molar-refractivity contribution in [2.24, 2.45) is 10.2 Å². The predicted octanol–water partition coefficient (Wildman–Crippen LogP) is 8.49. The zero-order chi connectivity index (χ0) is 31.1. The Balaban J connectivity index is 1.58. The number of aromatic carboxylic acids is 1. The minimum atomic E-state index is -4.82.